The summed E-state index contributed by atoms with van der Waals surface area (Å²) < 4.78 is 22.5. The van der Waals surface area contributed by atoms with Crippen LogP contribution in [0, 0.1) is 20.0 Å². The van der Waals surface area contributed by atoms with E-state index in [9.17, 15) is 0 Å². The molecule has 5 nitrogen and oxygen atoms in total. The van der Waals surface area contributed by atoms with Gasteiger partial charge in [0.05, 0.1) is 0 Å². The molecule has 88 valence electrons. The van der Waals surface area contributed by atoms with Crippen LogP contribution in [0.1, 0.15) is 6.92 Å². The summed E-state index contributed by atoms with van der Waals surface area (Å²) in [6.07, 6.45) is 3.69. The summed E-state index contributed by atoms with van der Waals surface area (Å²) in [7, 11) is 0. The monoisotopic (exact) mass is 266 g/mol. The molecule has 0 aromatic carbocycles. The van der Waals surface area contributed by atoms with Crippen LogP contribution in [0.2, 0.25) is 0 Å². The van der Waals surface area contributed by atoms with E-state index in [0.717, 1.165) is 5.57 Å². The SMILES string of the molecule is CC1=CC=C[C@@H](O)[C@H]1O.[C-]#[O+].[C-]#[O+].[C-]#[O+].[Fe]. The fourth-order valence-corrected chi connectivity index (χ4v) is 0.794. The number of hydrogen-bond donors (Lipinski definition) is 2. The number of allylic oxidation sites excluding steroid dienone is 2. The van der Waals surface area contributed by atoms with Crippen LogP contribution in [-0.4, -0.2) is 22.4 Å². The number of aliphatic hydroxyl groups is 2. The van der Waals surface area contributed by atoms with Crippen LogP contribution in [0.25, 0.3) is 0 Å². The normalized spacial score (nSPS) is 19.7. The van der Waals surface area contributed by atoms with Gasteiger partial charge in [0.1, 0.15) is 12.2 Å². The molecule has 0 saturated carbocycles. The van der Waals surface area contributed by atoms with E-state index in [1.165, 1.54) is 0 Å². The van der Waals surface area contributed by atoms with Gasteiger partial charge in [-0.05, 0) is 12.5 Å². The van der Waals surface area contributed by atoms with Crippen molar-refractivity contribution in [2.75, 3.05) is 0 Å². The van der Waals surface area contributed by atoms with Crippen molar-refractivity contribution in [3.05, 3.63) is 43.8 Å². The minimum Gasteiger partial charge on any atom is 0 e. The van der Waals surface area contributed by atoms with Crippen LogP contribution in [0.15, 0.2) is 23.8 Å². The van der Waals surface area contributed by atoms with Crippen molar-refractivity contribution < 1.29 is 41.2 Å². The summed E-state index contributed by atoms with van der Waals surface area (Å²) in [6.45, 7) is 15.3. The van der Waals surface area contributed by atoms with Crippen molar-refractivity contribution in [1.82, 2.24) is 0 Å². The summed E-state index contributed by atoms with van der Waals surface area (Å²) in [5, 5.41) is 18.0. The molecule has 0 heterocycles. The Morgan fingerprint density at radius 2 is 1.44 bits per heavy atom. The first-order chi connectivity index (χ1) is 7.22. The molecule has 6 heteroatoms. The Kier molecular flexibility index (Phi) is 30.0. The third-order valence-corrected chi connectivity index (χ3v) is 1.46. The molecule has 0 aromatic heterocycles. The van der Waals surface area contributed by atoms with Gasteiger partial charge in [0.25, 0.3) is 0 Å². The second-order valence-corrected chi connectivity index (χ2v) is 2.23. The molecule has 0 amide bonds. The molecule has 16 heavy (non-hydrogen) atoms. The van der Waals surface area contributed by atoms with Crippen LogP contribution < -0.4 is 0 Å². The van der Waals surface area contributed by atoms with Gasteiger partial charge in [-0.15, -0.1) is 0 Å². The van der Waals surface area contributed by atoms with E-state index in [2.05, 4.69) is 20.0 Å². The fourth-order valence-electron chi connectivity index (χ4n) is 0.794. The minimum atomic E-state index is -0.713. The molecule has 2 N–H and O–H groups in total. The molecule has 0 aromatic rings. The zero-order valence-electron chi connectivity index (χ0n) is 8.36. The molecule has 0 aliphatic heterocycles. The van der Waals surface area contributed by atoms with Gasteiger partial charge >= 0.3 is 33.9 Å². The van der Waals surface area contributed by atoms with Gasteiger partial charge in [-0.25, -0.2) is 0 Å². The number of hydrogen-bond acceptors (Lipinski definition) is 2. The van der Waals surface area contributed by atoms with Crippen molar-refractivity contribution in [1.29, 1.82) is 0 Å². The molecule has 0 unspecified atom stereocenters. The van der Waals surface area contributed by atoms with Gasteiger partial charge in [-0.1, -0.05) is 18.2 Å². The van der Waals surface area contributed by atoms with E-state index < -0.39 is 12.2 Å². The first-order valence-electron chi connectivity index (χ1n) is 3.54. The zero-order valence-corrected chi connectivity index (χ0v) is 9.46. The molecule has 0 saturated heterocycles. The standard InChI is InChI=1S/C7H10O2.3CO.Fe/c1-5-3-2-4-6(8)7(5)9;3*1-2;/h2-4,6-9H,1H3;;;;/t6-,7+;;;;/m1..../s1. The largest absolute Gasteiger partial charge is 0 e. The first-order valence-corrected chi connectivity index (χ1v) is 3.54. The molecule has 0 fully saturated rings. The summed E-state index contributed by atoms with van der Waals surface area (Å²) >= 11 is 0. The average Bonchev–Trinajstić information content (AvgIpc) is 2.34. The number of rotatable bonds is 0. The Morgan fingerprint density at radius 3 is 1.69 bits per heavy atom. The molecule has 1 aliphatic rings. The first kappa shape index (κ1) is 24.4. The van der Waals surface area contributed by atoms with Crippen molar-refractivity contribution in [3.8, 4) is 0 Å². The molecule has 0 radical (unpaired) electrons. The number of aliphatic hydroxyl groups excluding tert-OH is 2. The maximum atomic E-state index is 9.08. The summed E-state index contributed by atoms with van der Waals surface area (Å²) in [6, 6.07) is 0. The second-order valence-electron chi connectivity index (χ2n) is 2.23. The second kappa shape index (κ2) is 19.7. The summed E-state index contributed by atoms with van der Waals surface area (Å²) in [4.78, 5) is 0. The molecular weight excluding hydrogens is 256 g/mol. The van der Waals surface area contributed by atoms with Gasteiger partial charge in [-0.2, -0.15) is 0 Å². The van der Waals surface area contributed by atoms with Gasteiger partial charge in [0.15, 0.2) is 0 Å². The summed E-state index contributed by atoms with van der Waals surface area (Å²) in [5.74, 6) is 0. The quantitative estimate of drug-likeness (QED) is 0.369. The van der Waals surface area contributed by atoms with Crippen molar-refractivity contribution in [2.24, 2.45) is 0 Å². The van der Waals surface area contributed by atoms with Crippen LogP contribution in [0.4, 0.5) is 0 Å². The molecule has 2 atom stereocenters. The van der Waals surface area contributed by atoms with Crippen molar-refractivity contribution in [3.63, 3.8) is 0 Å². The average molecular weight is 266 g/mol. The molecule has 1 aliphatic carbocycles. The Bertz CT molecular complexity index is 250. The maximum Gasteiger partial charge on any atom is 0 e. The zero-order chi connectivity index (χ0) is 12.9. The van der Waals surface area contributed by atoms with Gasteiger partial charge in [0.2, 0.25) is 0 Å². The Morgan fingerprint density at radius 1 is 1.06 bits per heavy atom. The molecular formula is C10H10FeO5. The van der Waals surface area contributed by atoms with E-state index in [-0.39, 0.29) is 17.1 Å². The van der Waals surface area contributed by atoms with E-state index in [1.54, 1.807) is 25.2 Å². The van der Waals surface area contributed by atoms with Gasteiger partial charge < -0.3 is 10.2 Å². The van der Waals surface area contributed by atoms with Crippen LogP contribution >= 0.6 is 0 Å². The Hall–Kier alpha value is -0.861. The van der Waals surface area contributed by atoms with Crippen molar-refractivity contribution in [2.45, 2.75) is 19.1 Å². The van der Waals surface area contributed by atoms with Gasteiger partial charge in [0, 0.05) is 17.1 Å². The third kappa shape index (κ3) is 11.2. The van der Waals surface area contributed by atoms with Crippen molar-refractivity contribution >= 4 is 0 Å². The predicted octanol–water partition coefficient (Wildman–Crippen LogP) is 0.109. The van der Waals surface area contributed by atoms with Crippen LogP contribution in [-0.2, 0) is 31.0 Å². The summed E-state index contributed by atoms with van der Waals surface area (Å²) in [5.41, 5.74) is 0.810. The Labute approximate surface area is 104 Å². The smallest absolute Gasteiger partial charge is 0 e. The van der Waals surface area contributed by atoms with Crippen LogP contribution in [0.3, 0.4) is 0 Å². The molecule has 0 bridgehead atoms. The Balaban J connectivity index is -0.0000000900. The predicted molar refractivity (Wildman–Crippen MR) is 46.7 cm³/mol. The maximum absolute atomic E-state index is 9.08. The van der Waals surface area contributed by atoms with Gasteiger partial charge in [-0.3, -0.25) is 0 Å². The molecule has 0 spiro atoms. The van der Waals surface area contributed by atoms with E-state index in [0.29, 0.717) is 0 Å². The fraction of sp³-hybridized carbons (Fsp3) is 0.300. The molecule has 1 rings (SSSR count). The third-order valence-electron chi connectivity index (χ3n) is 1.46. The van der Waals surface area contributed by atoms with E-state index in [1.807, 2.05) is 0 Å². The topological polar surface area (TPSA) is 100 Å². The van der Waals surface area contributed by atoms with Crippen LogP contribution in [0.5, 0.6) is 0 Å². The minimum absolute atomic E-state index is 0. The van der Waals surface area contributed by atoms with E-state index in [4.69, 9.17) is 24.2 Å². The van der Waals surface area contributed by atoms with E-state index >= 15 is 0 Å².